The van der Waals surface area contributed by atoms with E-state index in [1.165, 1.54) is 0 Å². The van der Waals surface area contributed by atoms with Crippen molar-refractivity contribution in [1.29, 1.82) is 0 Å². The van der Waals surface area contributed by atoms with Gasteiger partial charge >= 0.3 is 0 Å². The molecule has 1 amide bonds. The Labute approximate surface area is 72.2 Å². The minimum atomic E-state index is 0.122. The lowest BCUT2D eigenvalue weighted by Crippen LogP contribution is -2.38. The Morgan fingerprint density at radius 3 is 3.08 bits per heavy atom. The van der Waals surface area contributed by atoms with E-state index in [-0.39, 0.29) is 11.9 Å². The van der Waals surface area contributed by atoms with Crippen LogP contribution < -0.4 is 11.1 Å². The van der Waals surface area contributed by atoms with Crippen molar-refractivity contribution in [3.05, 3.63) is 0 Å². The van der Waals surface area contributed by atoms with E-state index in [1.54, 1.807) is 0 Å². The fraction of sp³-hybridized carbons (Fsp3) is 0.750. The van der Waals surface area contributed by atoms with Crippen LogP contribution in [-0.2, 0) is 4.79 Å². The molecule has 3 N–H and O–H groups in total. The molecule has 1 heterocycles. The average Bonchev–Trinajstić information content (AvgIpc) is 2.09. The zero-order valence-corrected chi connectivity index (χ0v) is 7.34. The second-order valence-corrected chi connectivity index (χ2v) is 2.97. The normalized spacial score (nSPS) is 25.2. The molecule has 0 aliphatic carbocycles. The summed E-state index contributed by atoms with van der Waals surface area (Å²) in [4.78, 5) is 15.0. The molecule has 0 aromatic heterocycles. The predicted molar refractivity (Wildman–Crippen MR) is 47.9 cm³/mol. The smallest absolute Gasteiger partial charge is 0.220 e. The van der Waals surface area contributed by atoms with Crippen molar-refractivity contribution in [2.24, 2.45) is 10.7 Å². The SMILES string of the molecule is CCC(N)=NC1CCC(=O)NC1. The highest BCUT2D eigenvalue weighted by Gasteiger charge is 2.16. The number of amides is 1. The van der Waals surface area contributed by atoms with Gasteiger partial charge in [-0.25, -0.2) is 0 Å². The van der Waals surface area contributed by atoms with Crippen molar-refractivity contribution in [2.75, 3.05) is 6.54 Å². The minimum absolute atomic E-state index is 0.122. The minimum Gasteiger partial charge on any atom is -0.387 e. The summed E-state index contributed by atoms with van der Waals surface area (Å²) in [5.74, 6) is 0.799. The Hall–Kier alpha value is -1.06. The molecular formula is C8H15N3O. The lowest BCUT2D eigenvalue weighted by atomic mass is 10.1. The molecule has 0 bridgehead atoms. The van der Waals surface area contributed by atoms with Crippen molar-refractivity contribution < 1.29 is 4.79 Å². The van der Waals surface area contributed by atoms with Gasteiger partial charge in [-0.05, 0) is 6.42 Å². The topological polar surface area (TPSA) is 67.5 Å². The summed E-state index contributed by atoms with van der Waals surface area (Å²) in [5, 5.41) is 2.76. The van der Waals surface area contributed by atoms with Gasteiger partial charge in [-0.2, -0.15) is 0 Å². The number of aliphatic imine (C=N–C) groups is 1. The summed E-state index contributed by atoms with van der Waals surface area (Å²) >= 11 is 0. The van der Waals surface area contributed by atoms with Gasteiger partial charge < -0.3 is 11.1 Å². The number of nitrogens with two attached hydrogens (primary N) is 1. The highest BCUT2D eigenvalue weighted by atomic mass is 16.1. The van der Waals surface area contributed by atoms with Gasteiger partial charge in [-0.3, -0.25) is 9.79 Å². The summed E-state index contributed by atoms with van der Waals surface area (Å²) < 4.78 is 0. The fourth-order valence-electron chi connectivity index (χ4n) is 1.16. The van der Waals surface area contributed by atoms with Gasteiger partial charge in [0, 0.05) is 19.4 Å². The van der Waals surface area contributed by atoms with E-state index in [1.807, 2.05) is 6.92 Å². The van der Waals surface area contributed by atoms with Crippen LogP contribution in [0.25, 0.3) is 0 Å². The number of rotatable bonds is 2. The molecule has 1 saturated heterocycles. The van der Waals surface area contributed by atoms with Crippen molar-refractivity contribution in [3.63, 3.8) is 0 Å². The third-order valence-electron chi connectivity index (χ3n) is 1.95. The van der Waals surface area contributed by atoms with Crippen LogP contribution in [0, 0.1) is 0 Å². The maximum Gasteiger partial charge on any atom is 0.220 e. The number of hydrogen-bond acceptors (Lipinski definition) is 2. The van der Waals surface area contributed by atoms with Gasteiger partial charge in [0.2, 0.25) is 5.91 Å². The molecular weight excluding hydrogens is 154 g/mol. The third kappa shape index (κ3) is 2.53. The summed E-state index contributed by atoms with van der Waals surface area (Å²) in [6.45, 7) is 2.61. The van der Waals surface area contributed by atoms with Gasteiger partial charge in [0.15, 0.2) is 0 Å². The van der Waals surface area contributed by atoms with Crippen molar-refractivity contribution in [1.82, 2.24) is 5.32 Å². The molecule has 1 rings (SSSR count). The lowest BCUT2D eigenvalue weighted by molar-refractivity contribution is -0.122. The molecule has 68 valence electrons. The Balaban J connectivity index is 2.40. The van der Waals surface area contributed by atoms with Gasteiger partial charge in [0.25, 0.3) is 0 Å². The van der Waals surface area contributed by atoms with Crippen LogP contribution in [0.5, 0.6) is 0 Å². The van der Waals surface area contributed by atoms with E-state index >= 15 is 0 Å². The molecule has 4 nitrogen and oxygen atoms in total. The highest BCUT2D eigenvalue weighted by Crippen LogP contribution is 2.06. The highest BCUT2D eigenvalue weighted by molar-refractivity contribution is 5.80. The van der Waals surface area contributed by atoms with Crippen LogP contribution in [0.4, 0.5) is 0 Å². The van der Waals surface area contributed by atoms with Crippen molar-refractivity contribution in [3.8, 4) is 0 Å². The fourth-order valence-corrected chi connectivity index (χ4v) is 1.16. The quantitative estimate of drug-likeness (QED) is 0.452. The maximum absolute atomic E-state index is 10.8. The second-order valence-electron chi connectivity index (χ2n) is 2.97. The molecule has 12 heavy (non-hydrogen) atoms. The zero-order valence-electron chi connectivity index (χ0n) is 7.34. The van der Waals surface area contributed by atoms with Crippen LogP contribution >= 0.6 is 0 Å². The largest absolute Gasteiger partial charge is 0.387 e. The molecule has 1 unspecified atom stereocenters. The van der Waals surface area contributed by atoms with E-state index in [9.17, 15) is 4.79 Å². The number of amidine groups is 1. The lowest BCUT2D eigenvalue weighted by Gasteiger charge is -2.19. The van der Waals surface area contributed by atoms with Gasteiger partial charge in [-0.15, -0.1) is 0 Å². The van der Waals surface area contributed by atoms with Gasteiger partial charge in [-0.1, -0.05) is 6.92 Å². The van der Waals surface area contributed by atoms with Crippen LogP contribution in [-0.4, -0.2) is 24.3 Å². The predicted octanol–water partition coefficient (Wildman–Crippen LogP) is 0.0322. The molecule has 1 aliphatic heterocycles. The second kappa shape index (κ2) is 4.09. The Morgan fingerprint density at radius 1 is 1.83 bits per heavy atom. The van der Waals surface area contributed by atoms with Crippen molar-refractivity contribution >= 4 is 11.7 Å². The summed E-state index contributed by atoms with van der Waals surface area (Å²) in [7, 11) is 0. The number of carbonyl (C=O) groups is 1. The Morgan fingerprint density at radius 2 is 2.58 bits per heavy atom. The first-order valence-electron chi connectivity index (χ1n) is 4.31. The average molecular weight is 169 g/mol. The summed E-state index contributed by atoms with van der Waals surface area (Å²) in [5.41, 5.74) is 5.58. The zero-order chi connectivity index (χ0) is 8.97. The van der Waals surface area contributed by atoms with E-state index in [4.69, 9.17) is 5.73 Å². The first kappa shape index (κ1) is 9.03. The molecule has 0 aromatic carbocycles. The number of nitrogens with one attached hydrogen (secondary N) is 1. The molecule has 1 atom stereocenters. The molecule has 0 aromatic rings. The number of hydrogen-bond donors (Lipinski definition) is 2. The third-order valence-corrected chi connectivity index (χ3v) is 1.95. The summed E-state index contributed by atoms with van der Waals surface area (Å²) in [6.07, 6.45) is 2.18. The van der Waals surface area contributed by atoms with E-state index < -0.39 is 0 Å². The van der Waals surface area contributed by atoms with Crippen LogP contribution in [0.2, 0.25) is 0 Å². The van der Waals surface area contributed by atoms with Crippen molar-refractivity contribution in [2.45, 2.75) is 32.2 Å². The van der Waals surface area contributed by atoms with E-state index in [2.05, 4.69) is 10.3 Å². The molecule has 1 fully saturated rings. The number of nitrogens with zero attached hydrogens (tertiary/aromatic N) is 1. The molecule has 4 heteroatoms. The monoisotopic (exact) mass is 169 g/mol. The summed E-state index contributed by atoms with van der Waals surface area (Å²) in [6, 6.07) is 0.197. The number of carbonyl (C=O) groups excluding carboxylic acids is 1. The first-order valence-corrected chi connectivity index (χ1v) is 4.31. The number of piperidine rings is 1. The molecule has 0 spiro atoms. The molecule has 0 radical (unpaired) electrons. The van der Waals surface area contributed by atoms with Crippen LogP contribution in [0.1, 0.15) is 26.2 Å². The van der Waals surface area contributed by atoms with Crippen LogP contribution in [0.3, 0.4) is 0 Å². The Bertz CT molecular complexity index is 190. The molecule has 0 saturated carbocycles. The molecule has 1 aliphatic rings. The first-order chi connectivity index (χ1) is 5.72. The van der Waals surface area contributed by atoms with Gasteiger partial charge in [0.05, 0.1) is 11.9 Å². The standard InChI is InChI=1S/C8H15N3O/c1-2-7(9)11-6-3-4-8(12)10-5-6/h6H,2-5H2,1H3,(H2,9,11)(H,10,12). The van der Waals surface area contributed by atoms with Gasteiger partial charge in [0.1, 0.15) is 0 Å². The van der Waals surface area contributed by atoms with E-state index in [0.717, 1.165) is 12.8 Å². The van der Waals surface area contributed by atoms with E-state index in [0.29, 0.717) is 18.8 Å². The van der Waals surface area contributed by atoms with Crippen LogP contribution in [0.15, 0.2) is 4.99 Å². The maximum atomic E-state index is 10.8. The Kier molecular flexibility index (Phi) is 3.08.